The third-order valence-electron chi connectivity index (χ3n) is 2.63. The average Bonchev–Trinajstić information content (AvgIpc) is 2.43. The second-order valence-corrected chi connectivity index (χ2v) is 4.22. The van der Waals surface area contributed by atoms with Crippen LogP contribution in [0.15, 0.2) is 24.3 Å². The lowest BCUT2D eigenvalue weighted by Crippen LogP contribution is -2.43. The van der Waals surface area contributed by atoms with Gasteiger partial charge in [-0.15, -0.1) is 0 Å². The van der Waals surface area contributed by atoms with Gasteiger partial charge in [-0.3, -0.25) is 4.79 Å². The van der Waals surface area contributed by atoms with Crippen molar-refractivity contribution in [3.63, 3.8) is 0 Å². The Bertz CT molecular complexity index is 515. The highest BCUT2D eigenvalue weighted by atomic mass is 16.5. The maximum atomic E-state index is 11.7. The molecule has 0 aromatic heterocycles. The van der Waals surface area contributed by atoms with E-state index in [0.717, 1.165) is 0 Å². The molecule has 114 valence electrons. The van der Waals surface area contributed by atoms with Gasteiger partial charge in [0.1, 0.15) is 11.8 Å². The molecule has 0 aliphatic rings. The van der Waals surface area contributed by atoms with E-state index in [-0.39, 0.29) is 12.8 Å². The second kappa shape index (κ2) is 7.73. The first-order valence-corrected chi connectivity index (χ1v) is 6.15. The number of rotatable bonds is 7. The van der Waals surface area contributed by atoms with Gasteiger partial charge in [-0.05, 0) is 30.7 Å². The topological polar surface area (TPSA) is 131 Å². The summed E-state index contributed by atoms with van der Waals surface area (Å²) in [5.41, 5.74) is 5.43. The maximum absolute atomic E-state index is 11.7. The molecule has 1 aromatic carbocycles. The third-order valence-corrected chi connectivity index (χ3v) is 2.63. The number of carbonyl (C=O) groups excluding carboxylic acids is 2. The van der Waals surface area contributed by atoms with Gasteiger partial charge in [-0.1, -0.05) is 0 Å². The average molecular weight is 295 g/mol. The van der Waals surface area contributed by atoms with Gasteiger partial charge < -0.3 is 26.2 Å². The number of anilines is 1. The molecular weight excluding hydrogens is 278 g/mol. The zero-order valence-corrected chi connectivity index (χ0v) is 11.5. The van der Waals surface area contributed by atoms with Crippen molar-refractivity contribution in [3.05, 3.63) is 24.3 Å². The molecule has 0 saturated heterocycles. The Morgan fingerprint density at radius 1 is 1.29 bits per heavy atom. The lowest BCUT2D eigenvalue weighted by Gasteiger charge is -2.14. The van der Waals surface area contributed by atoms with E-state index in [4.69, 9.17) is 15.6 Å². The molecule has 0 spiro atoms. The fraction of sp³-hybridized carbons (Fsp3) is 0.308. The molecule has 3 amide bonds. The largest absolute Gasteiger partial charge is 0.497 e. The lowest BCUT2D eigenvalue weighted by atomic mass is 10.1. The zero-order chi connectivity index (χ0) is 15.8. The number of primary amides is 1. The van der Waals surface area contributed by atoms with E-state index in [1.54, 1.807) is 24.3 Å². The molecule has 0 fully saturated rings. The van der Waals surface area contributed by atoms with Crippen LogP contribution in [0.2, 0.25) is 0 Å². The summed E-state index contributed by atoms with van der Waals surface area (Å²) in [5.74, 6) is -1.23. The molecule has 0 bridgehead atoms. The Labute approximate surface area is 121 Å². The molecular formula is C13H17N3O5. The van der Waals surface area contributed by atoms with E-state index in [2.05, 4.69) is 10.6 Å². The highest BCUT2D eigenvalue weighted by Crippen LogP contribution is 2.14. The molecule has 1 rings (SSSR count). The summed E-state index contributed by atoms with van der Waals surface area (Å²) < 4.78 is 4.97. The van der Waals surface area contributed by atoms with Crippen LogP contribution in [-0.2, 0) is 9.59 Å². The number of hydrogen-bond acceptors (Lipinski definition) is 4. The number of hydrogen-bond donors (Lipinski definition) is 4. The predicted octanol–water partition coefficient (Wildman–Crippen LogP) is 0.535. The number of carboxylic acid groups (broad SMARTS) is 1. The third kappa shape index (κ3) is 5.81. The molecule has 0 aliphatic carbocycles. The molecule has 21 heavy (non-hydrogen) atoms. The van der Waals surface area contributed by atoms with Crippen molar-refractivity contribution < 1.29 is 24.2 Å². The highest BCUT2D eigenvalue weighted by molar-refractivity contribution is 5.92. The van der Waals surface area contributed by atoms with Crippen molar-refractivity contribution in [1.29, 1.82) is 0 Å². The Morgan fingerprint density at radius 3 is 2.38 bits per heavy atom. The summed E-state index contributed by atoms with van der Waals surface area (Å²) in [7, 11) is 1.52. The fourth-order valence-corrected chi connectivity index (χ4v) is 1.54. The van der Waals surface area contributed by atoms with Crippen LogP contribution in [0.5, 0.6) is 5.75 Å². The number of aliphatic carboxylic acids is 1. The summed E-state index contributed by atoms with van der Waals surface area (Å²) >= 11 is 0. The minimum absolute atomic E-state index is 0.0688. The van der Waals surface area contributed by atoms with Crippen molar-refractivity contribution in [2.45, 2.75) is 18.9 Å². The Morgan fingerprint density at radius 2 is 1.90 bits per heavy atom. The number of urea groups is 1. The first kappa shape index (κ1) is 16.3. The Hall–Kier alpha value is -2.77. The van der Waals surface area contributed by atoms with E-state index < -0.39 is 23.9 Å². The predicted molar refractivity (Wildman–Crippen MR) is 75.0 cm³/mol. The minimum Gasteiger partial charge on any atom is -0.497 e. The maximum Gasteiger partial charge on any atom is 0.326 e. The van der Waals surface area contributed by atoms with Gasteiger partial charge in [-0.2, -0.15) is 0 Å². The van der Waals surface area contributed by atoms with E-state index >= 15 is 0 Å². The summed E-state index contributed by atoms with van der Waals surface area (Å²) in [6.07, 6.45) is -0.194. The highest BCUT2D eigenvalue weighted by Gasteiger charge is 2.20. The number of amides is 3. The second-order valence-electron chi connectivity index (χ2n) is 4.22. The zero-order valence-electron chi connectivity index (χ0n) is 11.5. The molecule has 0 saturated carbocycles. The fourth-order valence-electron chi connectivity index (χ4n) is 1.54. The number of ether oxygens (including phenoxy) is 1. The number of methoxy groups -OCH3 is 1. The van der Waals surface area contributed by atoms with E-state index in [1.165, 1.54) is 7.11 Å². The molecule has 0 aliphatic heterocycles. The molecule has 1 unspecified atom stereocenters. The van der Waals surface area contributed by atoms with Gasteiger partial charge in [0.05, 0.1) is 7.11 Å². The van der Waals surface area contributed by atoms with Gasteiger partial charge in [0, 0.05) is 12.1 Å². The molecule has 1 aromatic rings. The molecule has 8 nitrogen and oxygen atoms in total. The number of nitrogens with two attached hydrogens (primary N) is 1. The summed E-state index contributed by atoms with van der Waals surface area (Å²) in [6, 6.07) is 4.65. The smallest absolute Gasteiger partial charge is 0.326 e. The monoisotopic (exact) mass is 295 g/mol. The van der Waals surface area contributed by atoms with Crippen LogP contribution in [0, 0.1) is 0 Å². The quantitative estimate of drug-likeness (QED) is 0.583. The number of benzene rings is 1. The van der Waals surface area contributed by atoms with Crippen molar-refractivity contribution in [1.82, 2.24) is 5.32 Å². The number of carbonyl (C=O) groups is 3. The minimum atomic E-state index is -1.24. The first-order valence-electron chi connectivity index (χ1n) is 6.15. The van der Waals surface area contributed by atoms with Crippen LogP contribution in [0.4, 0.5) is 10.5 Å². The van der Waals surface area contributed by atoms with Gasteiger partial charge in [-0.25, -0.2) is 9.59 Å². The van der Waals surface area contributed by atoms with Crippen LogP contribution in [-0.4, -0.2) is 36.2 Å². The van der Waals surface area contributed by atoms with E-state index in [1.807, 2.05) is 0 Å². The van der Waals surface area contributed by atoms with Crippen molar-refractivity contribution in [3.8, 4) is 5.75 Å². The Kier molecular flexibility index (Phi) is 5.99. The van der Waals surface area contributed by atoms with Crippen molar-refractivity contribution >= 4 is 23.6 Å². The van der Waals surface area contributed by atoms with Crippen LogP contribution in [0.25, 0.3) is 0 Å². The van der Waals surface area contributed by atoms with Crippen molar-refractivity contribution in [2.24, 2.45) is 5.73 Å². The van der Waals surface area contributed by atoms with E-state index in [9.17, 15) is 14.4 Å². The molecule has 1 atom stereocenters. The standard InChI is InChI=1S/C13H17N3O5/c1-21-9-4-2-8(3-5-9)15-13(20)16-10(12(18)19)6-7-11(14)17/h2-5,10H,6-7H2,1H3,(H2,14,17)(H,18,19)(H2,15,16,20). The van der Waals surface area contributed by atoms with Crippen LogP contribution in [0.3, 0.4) is 0 Å². The van der Waals surface area contributed by atoms with Crippen LogP contribution >= 0.6 is 0 Å². The van der Waals surface area contributed by atoms with Crippen LogP contribution < -0.4 is 21.1 Å². The summed E-state index contributed by atoms with van der Waals surface area (Å²) in [4.78, 5) is 33.3. The summed E-state index contributed by atoms with van der Waals surface area (Å²) in [6.45, 7) is 0. The molecule has 0 radical (unpaired) electrons. The number of nitrogens with one attached hydrogen (secondary N) is 2. The van der Waals surface area contributed by atoms with Gasteiger partial charge in [0.2, 0.25) is 5.91 Å². The summed E-state index contributed by atoms with van der Waals surface area (Å²) in [5, 5.41) is 13.7. The molecule has 0 heterocycles. The van der Waals surface area contributed by atoms with Gasteiger partial charge >= 0.3 is 12.0 Å². The van der Waals surface area contributed by atoms with Gasteiger partial charge in [0.25, 0.3) is 0 Å². The van der Waals surface area contributed by atoms with E-state index in [0.29, 0.717) is 11.4 Å². The lowest BCUT2D eigenvalue weighted by molar-refractivity contribution is -0.139. The number of carboxylic acids is 1. The normalized spacial score (nSPS) is 11.3. The van der Waals surface area contributed by atoms with Crippen LogP contribution in [0.1, 0.15) is 12.8 Å². The Balaban J connectivity index is 2.56. The first-order chi connectivity index (χ1) is 9.92. The van der Waals surface area contributed by atoms with Gasteiger partial charge in [0.15, 0.2) is 0 Å². The van der Waals surface area contributed by atoms with Crippen molar-refractivity contribution in [2.75, 3.05) is 12.4 Å². The SMILES string of the molecule is COc1ccc(NC(=O)NC(CCC(N)=O)C(=O)O)cc1. The molecule has 5 N–H and O–H groups in total. The molecule has 8 heteroatoms.